The van der Waals surface area contributed by atoms with Crippen LogP contribution in [0, 0.1) is 19.8 Å². The summed E-state index contributed by atoms with van der Waals surface area (Å²) in [7, 11) is 0. The molecule has 0 heterocycles. The van der Waals surface area contributed by atoms with Crippen molar-refractivity contribution in [3.63, 3.8) is 0 Å². The summed E-state index contributed by atoms with van der Waals surface area (Å²) in [5.41, 5.74) is 15.0. The highest BCUT2D eigenvalue weighted by Gasteiger charge is 2.24. The fourth-order valence-corrected chi connectivity index (χ4v) is 2.82. The topological polar surface area (TPSA) is 61.3 Å². The lowest BCUT2D eigenvalue weighted by Gasteiger charge is -2.27. The van der Waals surface area contributed by atoms with Gasteiger partial charge in [0.05, 0.1) is 6.61 Å². The zero-order valence-electron chi connectivity index (χ0n) is 13.0. The molecule has 1 rings (SSSR count). The summed E-state index contributed by atoms with van der Waals surface area (Å²) in [6.07, 6.45) is 0.978. The van der Waals surface area contributed by atoms with Gasteiger partial charge in [-0.25, -0.2) is 0 Å². The highest BCUT2D eigenvalue weighted by atomic mass is 35.5. The van der Waals surface area contributed by atoms with Gasteiger partial charge in [0.2, 0.25) is 0 Å². The molecule has 20 heavy (non-hydrogen) atoms. The Morgan fingerprint density at radius 3 is 2.35 bits per heavy atom. The summed E-state index contributed by atoms with van der Waals surface area (Å²) in [4.78, 5) is 0. The maximum atomic E-state index is 6.34. The van der Waals surface area contributed by atoms with Crippen LogP contribution in [0.15, 0.2) is 6.07 Å². The van der Waals surface area contributed by atoms with Gasteiger partial charge in [0.25, 0.3) is 0 Å². The second kappa shape index (κ2) is 7.87. The Bertz CT molecular complexity index is 445. The minimum atomic E-state index is 0.231. The zero-order valence-corrected chi connectivity index (χ0v) is 13.8. The van der Waals surface area contributed by atoms with Gasteiger partial charge in [0, 0.05) is 10.6 Å². The third-order valence-electron chi connectivity index (χ3n) is 3.93. The predicted octanol–water partition coefficient (Wildman–Crippen LogP) is 3.38. The number of nitrogens with two attached hydrogens (primary N) is 2. The fraction of sp³-hybridized carbons (Fsp3) is 0.625. The van der Waals surface area contributed by atoms with Gasteiger partial charge in [0.1, 0.15) is 5.75 Å². The van der Waals surface area contributed by atoms with E-state index in [2.05, 4.69) is 13.8 Å². The normalized spacial score (nSPS) is 12.8. The Hall–Kier alpha value is -0.770. The molecule has 1 atom stereocenters. The molecule has 0 aliphatic carbocycles. The first kappa shape index (κ1) is 17.3. The van der Waals surface area contributed by atoms with Crippen LogP contribution in [0.3, 0.4) is 0 Å². The Balaban J connectivity index is 3.32. The first-order valence-corrected chi connectivity index (χ1v) is 7.68. The molecule has 3 nitrogen and oxygen atoms in total. The number of ether oxygens (including phenoxy) is 1. The minimum absolute atomic E-state index is 0.231. The minimum Gasteiger partial charge on any atom is -0.493 e. The van der Waals surface area contributed by atoms with Gasteiger partial charge in [-0.1, -0.05) is 25.4 Å². The highest BCUT2D eigenvalue weighted by molar-refractivity contribution is 6.31. The number of rotatable bonds is 7. The van der Waals surface area contributed by atoms with E-state index in [1.54, 1.807) is 0 Å². The molecule has 1 aromatic carbocycles. The number of halogens is 1. The molecule has 114 valence electrons. The van der Waals surface area contributed by atoms with Crippen molar-refractivity contribution in [1.82, 2.24) is 0 Å². The molecule has 0 saturated carbocycles. The molecule has 4 heteroatoms. The molecular weight excluding hydrogens is 272 g/mol. The third-order valence-corrected chi connectivity index (χ3v) is 4.32. The molecule has 0 fully saturated rings. The van der Waals surface area contributed by atoms with Gasteiger partial charge in [-0.05, 0) is 62.4 Å². The van der Waals surface area contributed by atoms with E-state index in [0.717, 1.165) is 33.9 Å². The molecule has 0 aliphatic rings. The van der Waals surface area contributed by atoms with Crippen LogP contribution in [0.2, 0.25) is 5.02 Å². The number of aryl methyl sites for hydroxylation is 1. The van der Waals surface area contributed by atoms with Gasteiger partial charge < -0.3 is 16.2 Å². The summed E-state index contributed by atoms with van der Waals surface area (Å²) < 4.78 is 5.97. The zero-order chi connectivity index (χ0) is 15.3. The van der Waals surface area contributed by atoms with E-state index in [0.29, 0.717) is 19.7 Å². The van der Waals surface area contributed by atoms with Crippen molar-refractivity contribution >= 4 is 11.6 Å². The SMILES string of the molecule is CCCOc1c(C)cc(Cl)c(C)c1C(C)C(CN)CN. The molecule has 4 N–H and O–H groups in total. The summed E-state index contributed by atoms with van der Waals surface area (Å²) >= 11 is 6.34. The number of benzene rings is 1. The van der Waals surface area contributed by atoms with Crippen LogP contribution >= 0.6 is 11.6 Å². The molecule has 0 amide bonds. The van der Waals surface area contributed by atoms with E-state index >= 15 is 0 Å². The second-order valence-corrected chi connectivity index (χ2v) is 5.82. The molecular formula is C16H27ClN2O. The van der Waals surface area contributed by atoms with E-state index in [9.17, 15) is 0 Å². The Labute approximate surface area is 127 Å². The molecule has 0 aliphatic heterocycles. The van der Waals surface area contributed by atoms with Crippen molar-refractivity contribution in [2.75, 3.05) is 19.7 Å². The van der Waals surface area contributed by atoms with Gasteiger partial charge in [-0.3, -0.25) is 0 Å². The van der Waals surface area contributed by atoms with E-state index in [4.69, 9.17) is 27.8 Å². The largest absolute Gasteiger partial charge is 0.493 e. The van der Waals surface area contributed by atoms with Gasteiger partial charge in [-0.2, -0.15) is 0 Å². The van der Waals surface area contributed by atoms with Crippen molar-refractivity contribution in [3.8, 4) is 5.75 Å². The van der Waals surface area contributed by atoms with Crippen LogP contribution in [-0.2, 0) is 0 Å². The van der Waals surface area contributed by atoms with Crippen molar-refractivity contribution in [2.24, 2.45) is 17.4 Å². The Morgan fingerprint density at radius 1 is 1.25 bits per heavy atom. The molecule has 0 spiro atoms. The monoisotopic (exact) mass is 298 g/mol. The summed E-state index contributed by atoms with van der Waals surface area (Å²) in [6.45, 7) is 10.2. The van der Waals surface area contributed by atoms with Crippen molar-refractivity contribution in [2.45, 2.75) is 40.0 Å². The molecule has 0 bridgehead atoms. The van der Waals surface area contributed by atoms with Crippen molar-refractivity contribution in [3.05, 3.63) is 27.8 Å². The maximum Gasteiger partial charge on any atom is 0.126 e. The van der Waals surface area contributed by atoms with E-state index in [1.165, 1.54) is 0 Å². The van der Waals surface area contributed by atoms with Gasteiger partial charge in [-0.15, -0.1) is 0 Å². The molecule has 1 aromatic rings. The van der Waals surface area contributed by atoms with Crippen LogP contribution in [-0.4, -0.2) is 19.7 Å². The van der Waals surface area contributed by atoms with Crippen molar-refractivity contribution in [1.29, 1.82) is 0 Å². The smallest absolute Gasteiger partial charge is 0.126 e. The maximum absolute atomic E-state index is 6.34. The van der Waals surface area contributed by atoms with Crippen molar-refractivity contribution < 1.29 is 4.74 Å². The standard InChI is InChI=1S/C16H27ClN2O/c1-5-6-20-16-10(2)7-14(17)12(4)15(16)11(3)13(8-18)9-19/h7,11,13H,5-6,8-9,18-19H2,1-4H3. The molecule has 1 unspecified atom stereocenters. The van der Waals surface area contributed by atoms with E-state index < -0.39 is 0 Å². The van der Waals surface area contributed by atoms with Crippen LogP contribution in [0.4, 0.5) is 0 Å². The number of hydrogen-bond acceptors (Lipinski definition) is 3. The van der Waals surface area contributed by atoms with Crippen LogP contribution in [0.5, 0.6) is 5.75 Å². The molecule has 0 radical (unpaired) electrons. The van der Waals surface area contributed by atoms with Crippen LogP contribution in [0.1, 0.15) is 42.9 Å². The fourth-order valence-electron chi connectivity index (χ4n) is 2.56. The van der Waals surface area contributed by atoms with E-state index in [1.807, 2.05) is 19.9 Å². The third kappa shape index (κ3) is 3.66. The quantitative estimate of drug-likeness (QED) is 0.811. The predicted molar refractivity (Wildman–Crippen MR) is 86.7 cm³/mol. The second-order valence-electron chi connectivity index (χ2n) is 5.41. The summed E-state index contributed by atoms with van der Waals surface area (Å²) in [5.74, 6) is 1.41. The van der Waals surface area contributed by atoms with Gasteiger partial charge >= 0.3 is 0 Å². The average molecular weight is 299 g/mol. The van der Waals surface area contributed by atoms with Gasteiger partial charge in [0.15, 0.2) is 0 Å². The molecule has 0 aromatic heterocycles. The first-order valence-electron chi connectivity index (χ1n) is 7.30. The summed E-state index contributed by atoms with van der Waals surface area (Å²) in [6, 6.07) is 1.97. The Morgan fingerprint density at radius 2 is 1.85 bits per heavy atom. The van der Waals surface area contributed by atoms with Crippen LogP contribution < -0.4 is 16.2 Å². The van der Waals surface area contributed by atoms with Crippen LogP contribution in [0.25, 0.3) is 0 Å². The lowest BCUT2D eigenvalue weighted by molar-refractivity contribution is 0.306. The van der Waals surface area contributed by atoms with E-state index in [-0.39, 0.29) is 11.8 Å². The average Bonchev–Trinajstić information content (AvgIpc) is 2.42. The highest BCUT2D eigenvalue weighted by Crippen LogP contribution is 2.39. The summed E-state index contributed by atoms with van der Waals surface area (Å²) in [5, 5.41) is 0.779. The lowest BCUT2D eigenvalue weighted by atomic mass is 9.83. The Kier molecular flexibility index (Phi) is 6.80. The first-order chi connectivity index (χ1) is 9.47. The lowest BCUT2D eigenvalue weighted by Crippen LogP contribution is -2.28. The molecule has 0 saturated heterocycles. The number of hydrogen-bond donors (Lipinski definition) is 2.